The molecule has 0 N–H and O–H groups in total. The number of tetrazole rings is 1. The minimum atomic E-state index is 0.234. The van der Waals surface area contributed by atoms with Gasteiger partial charge in [0.1, 0.15) is 0 Å². The van der Waals surface area contributed by atoms with Gasteiger partial charge in [-0.05, 0) is 30.3 Å². The van der Waals surface area contributed by atoms with E-state index in [1.54, 1.807) is 11.8 Å². The number of thioether (sulfide) groups is 1. The number of hydrogen-bond acceptors (Lipinski definition) is 6. The predicted octanol–water partition coefficient (Wildman–Crippen LogP) is 0.795. The Bertz CT molecular complexity index is 493. The first-order valence-electron chi connectivity index (χ1n) is 8.05. The number of nitrogens with zero attached hydrogens (tertiary/aromatic N) is 6. The molecule has 0 spiro atoms. The van der Waals surface area contributed by atoms with E-state index in [0.717, 1.165) is 32.0 Å². The van der Waals surface area contributed by atoms with Crippen LogP contribution in [0.1, 0.15) is 37.5 Å². The molecular weight excluding hydrogens is 300 g/mol. The Morgan fingerprint density at radius 1 is 1.23 bits per heavy atom. The maximum atomic E-state index is 12.2. The first kappa shape index (κ1) is 15.7. The van der Waals surface area contributed by atoms with Crippen LogP contribution in [0.5, 0.6) is 0 Å². The van der Waals surface area contributed by atoms with Gasteiger partial charge in [0.15, 0.2) is 5.82 Å². The van der Waals surface area contributed by atoms with Crippen molar-refractivity contribution in [2.45, 2.75) is 37.5 Å². The SMILES string of the molecule is CN1CCN(C(=O)CSCc2nnnn2C2CCCC2)CC1. The van der Waals surface area contributed by atoms with Crippen LogP contribution in [0.15, 0.2) is 0 Å². The molecule has 2 aliphatic rings. The molecule has 1 aromatic heterocycles. The highest BCUT2D eigenvalue weighted by Crippen LogP contribution is 2.29. The van der Waals surface area contributed by atoms with Gasteiger partial charge < -0.3 is 9.80 Å². The molecule has 1 saturated carbocycles. The largest absolute Gasteiger partial charge is 0.339 e. The molecule has 0 atom stereocenters. The van der Waals surface area contributed by atoms with E-state index >= 15 is 0 Å². The predicted molar refractivity (Wildman–Crippen MR) is 85.6 cm³/mol. The molecule has 7 nitrogen and oxygen atoms in total. The quantitative estimate of drug-likeness (QED) is 0.798. The van der Waals surface area contributed by atoms with E-state index < -0.39 is 0 Å². The molecule has 1 amide bonds. The summed E-state index contributed by atoms with van der Waals surface area (Å²) in [5.74, 6) is 2.37. The number of amides is 1. The molecule has 8 heteroatoms. The van der Waals surface area contributed by atoms with Crippen LogP contribution in [-0.4, -0.2) is 74.9 Å². The zero-order valence-corrected chi connectivity index (χ0v) is 14.0. The Hall–Kier alpha value is -1.15. The van der Waals surface area contributed by atoms with Crippen molar-refractivity contribution in [3.63, 3.8) is 0 Å². The lowest BCUT2D eigenvalue weighted by Gasteiger charge is -2.32. The third-order valence-electron chi connectivity index (χ3n) is 4.54. The van der Waals surface area contributed by atoms with Crippen molar-refractivity contribution in [2.75, 3.05) is 39.0 Å². The number of rotatable bonds is 5. The molecule has 22 heavy (non-hydrogen) atoms. The molecule has 2 heterocycles. The van der Waals surface area contributed by atoms with Gasteiger partial charge in [-0.3, -0.25) is 4.79 Å². The normalized spacial score (nSPS) is 20.7. The zero-order chi connectivity index (χ0) is 15.4. The van der Waals surface area contributed by atoms with Crippen LogP contribution in [0.4, 0.5) is 0 Å². The van der Waals surface area contributed by atoms with Gasteiger partial charge in [0, 0.05) is 26.2 Å². The number of hydrogen-bond donors (Lipinski definition) is 0. The highest BCUT2D eigenvalue weighted by molar-refractivity contribution is 7.99. The Morgan fingerprint density at radius 3 is 2.68 bits per heavy atom. The van der Waals surface area contributed by atoms with Crippen molar-refractivity contribution in [2.24, 2.45) is 0 Å². The second-order valence-corrected chi connectivity index (χ2v) is 7.14. The number of aromatic nitrogens is 4. The fraction of sp³-hybridized carbons (Fsp3) is 0.857. The van der Waals surface area contributed by atoms with E-state index in [4.69, 9.17) is 0 Å². The highest BCUT2D eigenvalue weighted by atomic mass is 32.2. The molecule has 1 aromatic rings. The molecule has 1 aliphatic carbocycles. The number of carbonyl (C=O) groups excluding carboxylic acids is 1. The molecule has 0 bridgehead atoms. The summed E-state index contributed by atoms with van der Waals surface area (Å²) in [5, 5.41) is 12.1. The van der Waals surface area contributed by atoms with Crippen molar-refractivity contribution in [1.29, 1.82) is 0 Å². The minimum Gasteiger partial charge on any atom is -0.339 e. The Kier molecular flexibility index (Phi) is 5.30. The van der Waals surface area contributed by atoms with E-state index in [2.05, 4.69) is 27.5 Å². The van der Waals surface area contributed by atoms with Gasteiger partial charge in [0.05, 0.1) is 17.5 Å². The van der Waals surface area contributed by atoms with E-state index in [-0.39, 0.29) is 5.91 Å². The summed E-state index contributed by atoms with van der Waals surface area (Å²) in [4.78, 5) is 16.4. The maximum Gasteiger partial charge on any atom is 0.232 e. The number of piperazine rings is 1. The summed E-state index contributed by atoms with van der Waals surface area (Å²) in [5.41, 5.74) is 0. The fourth-order valence-electron chi connectivity index (χ4n) is 3.12. The molecule has 2 fully saturated rings. The number of likely N-dealkylation sites (N-methyl/N-ethyl adjacent to an activating group) is 1. The van der Waals surface area contributed by atoms with E-state index in [1.807, 2.05) is 9.58 Å². The monoisotopic (exact) mass is 324 g/mol. The Labute approximate surface area is 135 Å². The first-order chi connectivity index (χ1) is 10.7. The van der Waals surface area contributed by atoms with Gasteiger partial charge >= 0.3 is 0 Å². The van der Waals surface area contributed by atoms with Crippen LogP contribution >= 0.6 is 11.8 Å². The molecular formula is C14H24N6OS. The van der Waals surface area contributed by atoms with E-state index in [1.165, 1.54) is 25.7 Å². The summed E-state index contributed by atoms with van der Waals surface area (Å²) in [7, 11) is 2.10. The summed E-state index contributed by atoms with van der Waals surface area (Å²) in [6.45, 7) is 3.62. The first-order valence-corrected chi connectivity index (χ1v) is 9.20. The molecule has 1 saturated heterocycles. The molecule has 122 valence electrons. The third-order valence-corrected chi connectivity index (χ3v) is 5.46. The van der Waals surface area contributed by atoms with Gasteiger partial charge in [-0.25, -0.2) is 4.68 Å². The van der Waals surface area contributed by atoms with Crippen molar-refractivity contribution in [3.8, 4) is 0 Å². The maximum absolute atomic E-state index is 12.2. The zero-order valence-electron chi connectivity index (χ0n) is 13.1. The number of carbonyl (C=O) groups is 1. The van der Waals surface area contributed by atoms with E-state index in [9.17, 15) is 4.79 Å². The van der Waals surface area contributed by atoms with Gasteiger partial charge in [0.25, 0.3) is 0 Å². The summed E-state index contributed by atoms with van der Waals surface area (Å²) in [6, 6.07) is 0.457. The van der Waals surface area contributed by atoms with Gasteiger partial charge in [0.2, 0.25) is 5.91 Å². The standard InChI is InChI=1S/C14H24N6OS/c1-18-6-8-19(9-7-18)14(21)11-22-10-13-15-16-17-20(13)12-4-2-3-5-12/h12H,2-11H2,1H3. The average Bonchev–Trinajstić information content (AvgIpc) is 3.18. The van der Waals surface area contributed by atoms with Crippen LogP contribution < -0.4 is 0 Å². The average molecular weight is 324 g/mol. The van der Waals surface area contributed by atoms with Crippen LogP contribution in [0.25, 0.3) is 0 Å². The van der Waals surface area contributed by atoms with Gasteiger partial charge in [-0.15, -0.1) is 16.9 Å². The Morgan fingerprint density at radius 2 is 1.95 bits per heavy atom. The lowest BCUT2D eigenvalue weighted by molar-refractivity contribution is -0.129. The lowest BCUT2D eigenvalue weighted by Crippen LogP contribution is -2.47. The second-order valence-electron chi connectivity index (χ2n) is 6.15. The van der Waals surface area contributed by atoms with Crippen LogP contribution in [0, 0.1) is 0 Å². The fourth-order valence-corrected chi connectivity index (χ4v) is 3.95. The van der Waals surface area contributed by atoms with Crippen LogP contribution in [0.3, 0.4) is 0 Å². The van der Waals surface area contributed by atoms with E-state index in [0.29, 0.717) is 17.5 Å². The van der Waals surface area contributed by atoms with Gasteiger partial charge in [-0.2, -0.15) is 0 Å². The van der Waals surface area contributed by atoms with Crippen molar-refractivity contribution in [1.82, 2.24) is 30.0 Å². The molecule has 0 unspecified atom stereocenters. The van der Waals surface area contributed by atoms with Crippen molar-refractivity contribution < 1.29 is 4.79 Å². The summed E-state index contributed by atoms with van der Waals surface area (Å²) < 4.78 is 1.97. The topological polar surface area (TPSA) is 67.2 Å². The minimum absolute atomic E-state index is 0.234. The second kappa shape index (κ2) is 7.41. The highest BCUT2D eigenvalue weighted by Gasteiger charge is 2.22. The molecule has 3 rings (SSSR count). The third kappa shape index (κ3) is 3.78. The van der Waals surface area contributed by atoms with Gasteiger partial charge in [-0.1, -0.05) is 12.8 Å². The van der Waals surface area contributed by atoms with Crippen molar-refractivity contribution >= 4 is 17.7 Å². The van der Waals surface area contributed by atoms with Crippen LogP contribution in [-0.2, 0) is 10.5 Å². The molecule has 1 aliphatic heterocycles. The molecule has 0 radical (unpaired) electrons. The smallest absolute Gasteiger partial charge is 0.232 e. The molecule has 0 aromatic carbocycles. The lowest BCUT2D eigenvalue weighted by atomic mass is 10.2. The van der Waals surface area contributed by atoms with Crippen LogP contribution in [0.2, 0.25) is 0 Å². The summed E-state index contributed by atoms with van der Waals surface area (Å²) in [6.07, 6.45) is 4.86. The Balaban J connectivity index is 1.45. The summed E-state index contributed by atoms with van der Waals surface area (Å²) >= 11 is 1.62. The van der Waals surface area contributed by atoms with Crippen molar-refractivity contribution in [3.05, 3.63) is 5.82 Å².